The van der Waals surface area contributed by atoms with Crippen molar-refractivity contribution in [1.29, 1.82) is 0 Å². The number of rotatable bonds is 5. The molecule has 1 saturated heterocycles. The standard InChI is InChI=1S/C22H26FN5O3/c1-13(2)16-10-17(20(30)11-19(16)29)21-25-26-22(31)28(21)15-4-3-14(18(23)9-15)12-27-7-5-24-6-8-27/h3-4,9-11,13,24,29-30H,5-8,12H2,1-2H3,(H,26,31). The number of nitrogens with zero attached hydrogens (tertiary/aromatic N) is 4. The largest absolute Gasteiger partial charge is 0.508 e. The van der Waals surface area contributed by atoms with Crippen LogP contribution in [0.1, 0.15) is 30.9 Å². The minimum absolute atomic E-state index is 0.00830. The predicted octanol–water partition coefficient (Wildman–Crippen LogP) is 2.72. The molecule has 0 aliphatic carbocycles. The van der Waals surface area contributed by atoms with Crippen molar-refractivity contribution in [1.82, 2.24) is 25.0 Å². The van der Waals surface area contributed by atoms with Gasteiger partial charge in [-0.25, -0.2) is 8.96 Å². The zero-order chi connectivity index (χ0) is 22.1. The van der Waals surface area contributed by atoms with Crippen molar-refractivity contribution in [2.45, 2.75) is 26.3 Å². The number of hydrogen-bond donors (Lipinski definition) is 4. The Morgan fingerprint density at radius 3 is 2.45 bits per heavy atom. The van der Waals surface area contributed by atoms with Gasteiger partial charge in [0.25, 0.3) is 0 Å². The molecule has 4 rings (SSSR count). The summed E-state index contributed by atoms with van der Waals surface area (Å²) in [6.07, 6.45) is 0. The molecule has 8 nitrogen and oxygen atoms in total. The molecule has 0 spiro atoms. The summed E-state index contributed by atoms with van der Waals surface area (Å²) in [7, 11) is 0. The van der Waals surface area contributed by atoms with Gasteiger partial charge in [0, 0.05) is 44.4 Å². The first-order chi connectivity index (χ1) is 14.8. The van der Waals surface area contributed by atoms with E-state index in [-0.39, 0.29) is 28.8 Å². The van der Waals surface area contributed by atoms with Gasteiger partial charge in [-0.05, 0) is 29.7 Å². The summed E-state index contributed by atoms with van der Waals surface area (Å²) < 4.78 is 16.2. The number of halogens is 1. The highest BCUT2D eigenvalue weighted by Gasteiger charge is 2.22. The molecule has 0 saturated carbocycles. The normalized spacial score (nSPS) is 15.0. The first-order valence-corrected chi connectivity index (χ1v) is 10.3. The lowest BCUT2D eigenvalue weighted by Gasteiger charge is -2.27. The molecule has 2 aromatic carbocycles. The molecule has 9 heteroatoms. The van der Waals surface area contributed by atoms with Gasteiger partial charge in [-0.1, -0.05) is 25.0 Å². The second-order valence-electron chi connectivity index (χ2n) is 8.04. The number of phenolic OH excluding ortho intramolecular Hbond substituents is 2. The van der Waals surface area contributed by atoms with Crippen LogP contribution < -0.4 is 5.32 Å². The maximum Gasteiger partial charge on any atom is 0.319 e. The second kappa shape index (κ2) is 8.52. The number of hydrogen-bond acceptors (Lipinski definition) is 7. The number of benzene rings is 2. The Hall–Kier alpha value is -3.17. The fourth-order valence-corrected chi connectivity index (χ4v) is 3.84. The Morgan fingerprint density at radius 1 is 1.03 bits per heavy atom. The Labute approximate surface area is 179 Å². The third kappa shape index (κ3) is 4.19. The average Bonchev–Trinajstić information content (AvgIpc) is 3.11. The van der Waals surface area contributed by atoms with E-state index in [0.29, 0.717) is 23.4 Å². The van der Waals surface area contributed by atoms with Crippen LogP contribution in [-0.2, 0) is 6.54 Å². The van der Waals surface area contributed by atoms with E-state index in [4.69, 9.17) is 0 Å². The highest BCUT2D eigenvalue weighted by Crippen LogP contribution is 2.38. The summed E-state index contributed by atoms with van der Waals surface area (Å²) in [6.45, 7) is 7.80. The van der Waals surface area contributed by atoms with Crippen molar-refractivity contribution >= 4 is 0 Å². The fraction of sp³-hybridized carbons (Fsp3) is 0.364. The third-order valence-corrected chi connectivity index (χ3v) is 5.55. The molecule has 0 amide bonds. The SMILES string of the molecule is CC(C)c1cc(-c2nnc(O)n2-c2ccc(CN3CCNCC3)c(F)c2)c(O)cc1O. The molecule has 0 radical (unpaired) electrons. The summed E-state index contributed by atoms with van der Waals surface area (Å²) in [5, 5.41) is 41.8. The molecule has 31 heavy (non-hydrogen) atoms. The van der Waals surface area contributed by atoms with Gasteiger partial charge < -0.3 is 20.6 Å². The minimum atomic E-state index is -0.428. The van der Waals surface area contributed by atoms with E-state index in [0.717, 1.165) is 26.2 Å². The Bertz CT molecular complexity index is 1090. The second-order valence-corrected chi connectivity index (χ2v) is 8.04. The zero-order valence-electron chi connectivity index (χ0n) is 17.5. The van der Waals surface area contributed by atoms with Gasteiger partial charge in [-0.15, -0.1) is 5.10 Å². The number of piperazine rings is 1. The van der Waals surface area contributed by atoms with Crippen molar-refractivity contribution in [3.63, 3.8) is 0 Å². The highest BCUT2D eigenvalue weighted by atomic mass is 19.1. The molecule has 1 aliphatic heterocycles. The van der Waals surface area contributed by atoms with Gasteiger partial charge in [0.05, 0.1) is 11.3 Å². The number of nitrogens with one attached hydrogen (secondary N) is 1. The lowest BCUT2D eigenvalue weighted by molar-refractivity contribution is 0.230. The fourth-order valence-electron chi connectivity index (χ4n) is 3.84. The molecule has 4 N–H and O–H groups in total. The number of aromatic hydroxyl groups is 3. The quantitative estimate of drug-likeness (QED) is 0.496. The molecule has 3 aromatic rings. The molecule has 0 atom stereocenters. The molecule has 1 fully saturated rings. The lowest BCUT2D eigenvalue weighted by atomic mass is 9.98. The van der Waals surface area contributed by atoms with Gasteiger partial charge in [-0.3, -0.25) is 4.90 Å². The Kier molecular flexibility index (Phi) is 5.79. The molecule has 164 valence electrons. The van der Waals surface area contributed by atoms with Crippen molar-refractivity contribution in [3.05, 3.63) is 47.3 Å². The lowest BCUT2D eigenvalue weighted by Crippen LogP contribution is -2.43. The highest BCUT2D eigenvalue weighted by molar-refractivity contribution is 5.69. The van der Waals surface area contributed by atoms with Crippen LogP contribution in [0.25, 0.3) is 17.1 Å². The summed E-state index contributed by atoms with van der Waals surface area (Å²) in [5.41, 5.74) is 1.78. The summed E-state index contributed by atoms with van der Waals surface area (Å²) in [5.74, 6) is -0.508. The van der Waals surface area contributed by atoms with Crippen LogP contribution in [0.2, 0.25) is 0 Å². The van der Waals surface area contributed by atoms with Crippen LogP contribution >= 0.6 is 0 Å². The van der Waals surface area contributed by atoms with E-state index in [9.17, 15) is 19.7 Å². The number of phenols is 2. The van der Waals surface area contributed by atoms with Crippen molar-refractivity contribution < 1.29 is 19.7 Å². The van der Waals surface area contributed by atoms with Crippen LogP contribution in [0.5, 0.6) is 17.5 Å². The molecular weight excluding hydrogens is 401 g/mol. The van der Waals surface area contributed by atoms with Gasteiger partial charge >= 0.3 is 6.01 Å². The van der Waals surface area contributed by atoms with Gasteiger partial charge in [0.1, 0.15) is 17.3 Å². The van der Waals surface area contributed by atoms with E-state index in [2.05, 4.69) is 20.4 Å². The first kappa shape index (κ1) is 21.1. The smallest absolute Gasteiger partial charge is 0.319 e. The Morgan fingerprint density at radius 2 is 1.77 bits per heavy atom. The summed E-state index contributed by atoms with van der Waals surface area (Å²) in [4.78, 5) is 2.18. The van der Waals surface area contributed by atoms with Gasteiger partial charge in [-0.2, -0.15) is 0 Å². The monoisotopic (exact) mass is 427 g/mol. The van der Waals surface area contributed by atoms with Gasteiger partial charge in [0.15, 0.2) is 5.82 Å². The van der Waals surface area contributed by atoms with E-state index >= 15 is 0 Å². The molecule has 1 aromatic heterocycles. The molecule has 1 aliphatic rings. The molecule has 0 unspecified atom stereocenters. The minimum Gasteiger partial charge on any atom is -0.508 e. The van der Waals surface area contributed by atoms with Crippen LogP contribution in [-0.4, -0.2) is 61.2 Å². The zero-order valence-corrected chi connectivity index (χ0v) is 17.5. The van der Waals surface area contributed by atoms with Crippen LogP contribution in [0.4, 0.5) is 4.39 Å². The van der Waals surface area contributed by atoms with Crippen LogP contribution in [0, 0.1) is 5.82 Å². The molecular formula is C22H26FN5O3. The predicted molar refractivity (Wildman–Crippen MR) is 114 cm³/mol. The van der Waals surface area contributed by atoms with E-state index in [1.807, 2.05) is 13.8 Å². The van der Waals surface area contributed by atoms with Crippen LogP contribution in [0.15, 0.2) is 30.3 Å². The van der Waals surface area contributed by atoms with Crippen LogP contribution in [0.3, 0.4) is 0 Å². The van der Waals surface area contributed by atoms with Gasteiger partial charge in [0.2, 0.25) is 0 Å². The maximum absolute atomic E-state index is 14.9. The summed E-state index contributed by atoms with van der Waals surface area (Å²) >= 11 is 0. The van der Waals surface area contributed by atoms with E-state index < -0.39 is 11.8 Å². The average molecular weight is 427 g/mol. The summed E-state index contributed by atoms with van der Waals surface area (Å²) in [6, 6.07) is 7.11. The first-order valence-electron chi connectivity index (χ1n) is 10.3. The van der Waals surface area contributed by atoms with E-state index in [1.165, 1.54) is 16.7 Å². The number of aromatic nitrogens is 3. The molecule has 0 bridgehead atoms. The molecule has 2 heterocycles. The van der Waals surface area contributed by atoms with Crippen molar-refractivity contribution in [2.75, 3.05) is 26.2 Å². The maximum atomic E-state index is 14.9. The third-order valence-electron chi connectivity index (χ3n) is 5.55. The van der Waals surface area contributed by atoms with E-state index in [1.54, 1.807) is 18.2 Å². The topological polar surface area (TPSA) is 107 Å². The van der Waals surface area contributed by atoms with Crippen molar-refractivity contribution in [3.8, 4) is 34.6 Å². The van der Waals surface area contributed by atoms with Crippen molar-refractivity contribution in [2.24, 2.45) is 0 Å². The Balaban J connectivity index is 1.72.